The van der Waals surface area contributed by atoms with Gasteiger partial charge in [-0.2, -0.15) is 0 Å². The largest absolute Gasteiger partial charge is 0.497 e. The van der Waals surface area contributed by atoms with Gasteiger partial charge in [-0.15, -0.1) is 11.3 Å². The third kappa shape index (κ3) is 6.58. The zero-order valence-electron chi connectivity index (χ0n) is 20.3. The molecule has 2 aromatic rings. The average Bonchev–Trinajstić information content (AvgIpc) is 3.34. The Morgan fingerprint density at radius 1 is 1.15 bits per heavy atom. The maximum Gasteiger partial charge on any atom is 0.236 e. The zero-order chi connectivity index (χ0) is 23.0. The highest BCUT2D eigenvalue weighted by Gasteiger charge is 2.25. The number of piperazine rings is 1. The molecule has 0 saturated carbocycles. The second-order valence-electron chi connectivity index (χ2n) is 9.45. The molecule has 1 aromatic carbocycles. The van der Waals surface area contributed by atoms with E-state index in [1.807, 2.05) is 0 Å². The van der Waals surface area contributed by atoms with Crippen molar-refractivity contribution in [3.05, 3.63) is 51.7 Å². The lowest BCUT2D eigenvalue weighted by Gasteiger charge is -2.36. The minimum Gasteiger partial charge on any atom is -0.497 e. The molecule has 4 rings (SSSR count). The first kappa shape index (κ1) is 24.2. The maximum atomic E-state index is 12.6. The molecule has 1 aliphatic carbocycles. The number of carbonyl (C=O) groups is 1. The number of hydrogen-bond donors (Lipinski definition) is 0. The lowest BCUT2D eigenvalue weighted by Crippen LogP contribution is -2.50. The number of amides is 1. The normalized spacial score (nSPS) is 19.2. The Hall–Kier alpha value is -1.89. The molecule has 1 fully saturated rings. The molecule has 2 aliphatic rings. The monoisotopic (exact) mass is 469 g/mol. The summed E-state index contributed by atoms with van der Waals surface area (Å²) >= 11 is 1.77. The number of hydrogen-bond acceptors (Lipinski definition) is 5. The van der Waals surface area contributed by atoms with Gasteiger partial charge in [0.05, 0.1) is 13.7 Å². The summed E-state index contributed by atoms with van der Waals surface area (Å²) in [5.41, 5.74) is 2.94. The third-order valence-corrected chi connectivity index (χ3v) is 7.98. The zero-order valence-corrected chi connectivity index (χ0v) is 21.1. The third-order valence-electron chi connectivity index (χ3n) is 7.12. The van der Waals surface area contributed by atoms with E-state index in [0.717, 1.165) is 70.7 Å². The van der Waals surface area contributed by atoms with Crippen LogP contribution in [0, 0.1) is 0 Å². The van der Waals surface area contributed by atoms with Crippen molar-refractivity contribution >= 4 is 17.2 Å². The molecule has 0 radical (unpaired) electrons. The average molecular weight is 470 g/mol. The van der Waals surface area contributed by atoms with E-state index in [2.05, 4.69) is 57.3 Å². The Kier molecular flexibility index (Phi) is 8.82. The van der Waals surface area contributed by atoms with Crippen LogP contribution < -0.4 is 4.74 Å². The van der Waals surface area contributed by atoms with Gasteiger partial charge >= 0.3 is 0 Å². The van der Waals surface area contributed by atoms with Crippen LogP contribution in [0.3, 0.4) is 0 Å². The van der Waals surface area contributed by atoms with Crippen LogP contribution in [-0.2, 0) is 24.2 Å². The lowest BCUT2D eigenvalue weighted by atomic mass is 9.87. The van der Waals surface area contributed by atoms with Crippen molar-refractivity contribution in [3.63, 3.8) is 0 Å². The van der Waals surface area contributed by atoms with E-state index in [1.54, 1.807) is 18.4 Å². The highest BCUT2D eigenvalue weighted by Crippen LogP contribution is 2.28. The highest BCUT2D eigenvalue weighted by molar-refractivity contribution is 7.09. The topological polar surface area (TPSA) is 36.0 Å². The molecule has 1 unspecified atom stereocenters. The highest BCUT2D eigenvalue weighted by atomic mass is 32.1. The lowest BCUT2D eigenvalue weighted by molar-refractivity contribution is -0.136. The fraction of sp³-hybridized carbons (Fsp3) is 0.593. The van der Waals surface area contributed by atoms with Crippen LogP contribution in [0.15, 0.2) is 35.7 Å². The van der Waals surface area contributed by atoms with Crippen LogP contribution in [0.5, 0.6) is 5.75 Å². The SMILES string of the molecule is CCCN(CCCCN1CCN(Cc2cccs2)CC1=O)C1CCc2ccc(OC)cc2C1. The Labute approximate surface area is 203 Å². The molecule has 0 spiro atoms. The van der Waals surface area contributed by atoms with Gasteiger partial charge in [0.15, 0.2) is 0 Å². The molecule has 2 heterocycles. The first-order valence-electron chi connectivity index (χ1n) is 12.6. The summed E-state index contributed by atoms with van der Waals surface area (Å²) in [4.78, 5) is 21.1. The van der Waals surface area contributed by atoms with Crippen molar-refractivity contribution in [2.24, 2.45) is 0 Å². The number of fused-ring (bicyclic) bond motifs is 1. The van der Waals surface area contributed by atoms with Gasteiger partial charge in [0.2, 0.25) is 5.91 Å². The molecule has 1 saturated heterocycles. The predicted molar refractivity (Wildman–Crippen MR) is 136 cm³/mol. The molecule has 180 valence electrons. The molecule has 1 amide bonds. The molecule has 33 heavy (non-hydrogen) atoms. The minimum atomic E-state index is 0.293. The van der Waals surface area contributed by atoms with E-state index in [-0.39, 0.29) is 0 Å². The number of unbranched alkanes of at least 4 members (excludes halogenated alkanes) is 1. The summed E-state index contributed by atoms with van der Waals surface area (Å²) in [6.45, 7) is 8.78. The molecular formula is C27H39N3O2S. The van der Waals surface area contributed by atoms with Crippen molar-refractivity contribution < 1.29 is 9.53 Å². The second-order valence-corrected chi connectivity index (χ2v) is 10.5. The maximum absolute atomic E-state index is 12.6. The summed E-state index contributed by atoms with van der Waals surface area (Å²) < 4.78 is 5.45. The second kappa shape index (κ2) is 12.0. The summed E-state index contributed by atoms with van der Waals surface area (Å²) in [5, 5.41) is 2.11. The Morgan fingerprint density at radius 3 is 2.82 bits per heavy atom. The Morgan fingerprint density at radius 2 is 2.06 bits per heavy atom. The molecule has 5 nitrogen and oxygen atoms in total. The molecular weight excluding hydrogens is 430 g/mol. The predicted octanol–water partition coefficient (Wildman–Crippen LogP) is 4.45. The van der Waals surface area contributed by atoms with E-state index >= 15 is 0 Å². The van der Waals surface area contributed by atoms with E-state index in [1.165, 1.54) is 28.8 Å². The van der Waals surface area contributed by atoms with E-state index in [9.17, 15) is 4.79 Å². The van der Waals surface area contributed by atoms with Crippen LogP contribution in [0.4, 0.5) is 0 Å². The molecule has 6 heteroatoms. The van der Waals surface area contributed by atoms with E-state index < -0.39 is 0 Å². The van der Waals surface area contributed by atoms with Gasteiger partial charge in [-0.1, -0.05) is 19.1 Å². The number of benzene rings is 1. The van der Waals surface area contributed by atoms with E-state index in [0.29, 0.717) is 18.5 Å². The number of methoxy groups -OCH3 is 1. The molecule has 1 aromatic heterocycles. The Bertz CT molecular complexity index is 885. The van der Waals surface area contributed by atoms with Crippen LogP contribution in [0.25, 0.3) is 0 Å². The van der Waals surface area contributed by atoms with Gasteiger partial charge in [0, 0.05) is 37.1 Å². The van der Waals surface area contributed by atoms with Crippen molar-refractivity contribution in [2.75, 3.05) is 46.4 Å². The quantitative estimate of drug-likeness (QED) is 0.456. The number of carbonyl (C=O) groups excluding carboxylic acids is 1. The van der Waals surface area contributed by atoms with Crippen molar-refractivity contribution in [3.8, 4) is 5.75 Å². The standard InChI is InChI=1S/C27H39N3O2S/c1-3-12-29(24-10-8-22-9-11-25(32-2)19-23(22)18-24)13-4-5-14-30-16-15-28(21-27(30)31)20-26-7-6-17-33-26/h6-7,9,11,17,19,24H,3-5,8,10,12-16,18,20-21H2,1-2H3. The fourth-order valence-electron chi connectivity index (χ4n) is 5.29. The minimum absolute atomic E-state index is 0.293. The Balaban J connectivity index is 1.21. The first-order chi connectivity index (χ1) is 16.2. The van der Waals surface area contributed by atoms with Gasteiger partial charge in [0.25, 0.3) is 0 Å². The van der Waals surface area contributed by atoms with Gasteiger partial charge in [0.1, 0.15) is 5.75 Å². The van der Waals surface area contributed by atoms with Crippen LogP contribution >= 0.6 is 11.3 Å². The van der Waals surface area contributed by atoms with Gasteiger partial charge in [-0.3, -0.25) is 9.69 Å². The van der Waals surface area contributed by atoms with Gasteiger partial charge in [-0.25, -0.2) is 0 Å². The smallest absolute Gasteiger partial charge is 0.236 e. The number of rotatable bonds is 11. The van der Waals surface area contributed by atoms with E-state index in [4.69, 9.17) is 4.74 Å². The molecule has 0 N–H and O–H groups in total. The van der Waals surface area contributed by atoms with Crippen molar-refractivity contribution in [1.82, 2.24) is 14.7 Å². The number of thiophene rings is 1. The molecule has 1 aliphatic heterocycles. The molecule has 0 bridgehead atoms. The number of ether oxygens (including phenoxy) is 1. The van der Waals surface area contributed by atoms with Crippen molar-refractivity contribution in [1.29, 1.82) is 0 Å². The van der Waals surface area contributed by atoms with Crippen LogP contribution in [-0.4, -0.2) is 73.0 Å². The van der Waals surface area contributed by atoms with Gasteiger partial charge in [-0.05, 0) is 86.3 Å². The van der Waals surface area contributed by atoms with Crippen LogP contribution in [0.1, 0.15) is 48.6 Å². The summed E-state index contributed by atoms with van der Waals surface area (Å²) in [5.74, 6) is 1.26. The summed E-state index contributed by atoms with van der Waals surface area (Å²) in [7, 11) is 1.75. The fourth-order valence-corrected chi connectivity index (χ4v) is 6.03. The summed E-state index contributed by atoms with van der Waals surface area (Å²) in [6.07, 6.45) is 6.96. The van der Waals surface area contributed by atoms with Crippen molar-refractivity contribution in [2.45, 2.75) is 58.0 Å². The molecule has 1 atom stereocenters. The van der Waals surface area contributed by atoms with Gasteiger partial charge < -0.3 is 14.5 Å². The first-order valence-corrected chi connectivity index (χ1v) is 13.5. The van der Waals surface area contributed by atoms with Crippen LogP contribution in [0.2, 0.25) is 0 Å². The number of aryl methyl sites for hydroxylation is 1. The summed E-state index contributed by atoms with van der Waals surface area (Å²) in [6, 6.07) is 11.4. The number of nitrogens with zero attached hydrogens (tertiary/aromatic N) is 3.